The predicted molar refractivity (Wildman–Crippen MR) is 86.2 cm³/mol. The van der Waals surface area contributed by atoms with Crippen molar-refractivity contribution in [1.82, 2.24) is 5.32 Å². The molecule has 0 bridgehead atoms. The summed E-state index contributed by atoms with van der Waals surface area (Å²) in [5.74, 6) is 2.52. The Morgan fingerprint density at radius 1 is 0.952 bits per heavy atom. The van der Waals surface area contributed by atoms with Gasteiger partial charge in [-0.3, -0.25) is 0 Å². The minimum absolute atomic E-state index is 0.318. The third-order valence-corrected chi connectivity index (χ3v) is 3.24. The molecule has 21 heavy (non-hydrogen) atoms. The van der Waals surface area contributed by atoms with Crippen molar-refractivity contribution in [2.75, 3.05) is 13.2 Å². The zero-order valence-corrected chi connectivity index (χ0v) is 12.9. The summed E-state index contributed by atoms with van der Waals surface area (Å²) >= 11 is 0. The highest BCUT2D eigenvalue weighted by atomic mass is 16.5. The van der Waals surface area contributed by atoms with E-state index in [1.165, 1.54) is 5.56 Å². The molecular weight excluding hydrogens is 262 g/mol. The highest BCUT2D eigenvalue weighted by Gasteiger charge is 2.05. The molecule has 1 N–H and O–H groups in total. The lowest BCUT2D eigenvalue weighted by Gasteiger charge is -2.14. The second-order valence-corrected chi connectivity index (χ2v) is 4.86. The summed E-state index contributed by atoms with van der Waals surface area (Å²) in [6.07, 6.45) is 0. The van der Waals surface area contributed by atoms with E-state index in [0.717, 1.165) is 23.8 Å². The van der Waals surface area contributed by atoms with Crippen molar-refractivity contribution in [3.05, 3.63) is 54.1 Å². The van der Waals surface area contributed by atoms with Gasteiger partial charge in [-0.1, -0.05) is 19.1 Å². The molecule has 3 nitrogen and oxygen atoms in total. The van der Waals surface area contributed by atoms with Crippen molar-refractivity contribution >= 4 is 0 Å². The van der Waals surface area contributed by atoms with Gasteiger partial charge in [-0.15, -0.1) is 0 Å². The third kappa shape index (κ3) is 4.50. The Bertz CT molecular complexity index is 551. The molecular formula is C18H23NO2. The van der Waals surface area contributed by atoms with Gasteiger partial charge in [0.2, 0.25) is 0 Å². The van der Waals surface area contributed by atoms with Crippen molar-refractivity contribution < 1.29 is 9.47 Å². The normalized spacial score (nSPS) is 12.0. The molecule has 2 rings (SSSR count). The average Bonchev–Trinajstić information content (AvgIpc) is 2.50. The van der Waals surface area contributed by atoms with Crippen LogP contribution in [0.25, 0.3) is 0 Å². The first-order chi connectivity index (χ1) is 10.2. The Morgan fingerprint density at radius 2 is 1.67 bits per heavy atom. The first-order valence-corrected chi connectivity index (χ1v) is 7.47. The Kier molecular flexibility index (Phi) is 5.64. The summed E-state index contributed by atoms with van der Waals surface area (Å²) in [4.78, 5) is 0. The van der Waals surface area contributed by atoms with Gasteiger partial charge in [0.15, 0.2) is 0 Å². The predicted octanol–water partition coefficient (Wildman–Crippen LogP) is 4.55. The van der Waals surface area contributed by atoms with Crippen LogP contribution < -0.4 is 14.8 Å². The van der Waals surface area contributed by atoms with Gasteiger partial charge < -0.3 is 14.8 Å². The maximum atomic E-state index is 5.90. The Morgan fingerprint density at radius 3 is 2.33 bits per heavy atom. The van der Waals surface area contributed by atoms with Crippen LogP contribution in [0, 0.1) is 0 Å². The molecule has 0 spiro atoms. The molecule has 0 amide bonds. The third-order valence-electron chi connectivity index (χ3n) is 3.24. The summed E-state index contributed by atoms with van der Waals surface area (Å²) in [6, 6.07) is 16.2. The lowest BCUT2D eigenvalue weighted by atomic mass is 10.1. The molecule has 0 radical (unpaired) electrons. The number of hydrogen-bond acceptors (Lipinski definition) is 3. The van der Waals surface area contributed by atoms with E-state index in [1.54, 1.807) is 0 Å². The first kappa shape index (κ1) is 15.4. The number of benzene rings is 2. The van der Waals surface area contributed by atoms with Crippen molar-refractivity contribution in [2.24, 2.45) is 0 Å². The van der Waals surface area contributed by atoms with E-state index in [9.17, 15) is 0 Å². The Hall–Kier alpha value is -2.00. The van der Waals surface area contributed by atoms with E-state index in [2.05, 4.69) is 31.3 Å². The number of rotatable bonds is 7. The maximum absolute atomic E-state index is 5.90. The first-order valence-electron chi connectivity index (χ1n) is 7.47. The molecule has 3 heteroatoms. The van der Waals surface area contributed by atoms with Gasteiger partial charge in [0.05, 0.1) is 6.61 Å². The molecule has 0 fully saturated rings. The fraction of sp³-hybridized carbons (Fsp3) is 0.333. The zero-order chi connectivity index (χ0) is 15.1. The average molecular weight is 285 g/mol. The molecule has 0 aromatic heterocycles. The number of hydrogen-bond donors (Lipinski definition) is 1. The zero-order valence-electron chi connectivity index (χ0n) is 12.9. The summed E-state index contributed by atoms with van der Waals surface area (Å²) in [7, 11) is 0. The maximum Gasteiger partial charge on any atom is 0.127 e. The lowest BCUT2D eigenvalue weighted by Crippen LogP contribution is -2.17. The fourth-order valence-electron chi connectivity index (χ4n) is 2.18. The molecule has 1 unspecified atom stereocenters. The molecule has 2 aromatic rings. The van der Waals surface area contributed by atoms with E-state index in [1.807, 2.05) is 43.3 Å². The lowest BCUT2D eigenvalue weighted by molar-refractivity contribution is 0.339. The smallest absolute Gasteiger partial charge is 0.127 e. The van der Waals surface area contributed by atoms with E-state index in [4.69, 9.17) is 9.47 Å². The van der Waals surface area contributed by atoms with Crippen LogP contribution in [0.1, 0.15) is 32.4 Å². The Balaban J connectivity index is 2.06. The summed E-state index contributed by atoms with van der Waals surface area (Å²) in [5, 5.41) is 3.40. The van der Waals surface area contributed by atoms with Gasteiger partial charge in [0.25, 0.3) is 0 Å². The van der Waals surface area contributed by atoms with Crippen molar-refractivity contribution in [2.45, 2.75) is 26.8 Å². The summed E-state index contributed by atoms with van der Waals surface area (Å²) < 4.78 is 11.3. The van der Waals surface area contributed by atoms with Crippen LogP contribution in [0.5, 0.6) is 17.2 Å². The van der Waals surface area contributed by atoms with Crippen LogP contribution in [0.15, 0.2) is 48.5 Å². The van der Waals surface area contributed by atoms with E-state index >= 15 is 0 Å². The highest BCUT2D eigenvalue weighted by Crippen LogP contribution is 2.26. The quantitative estimate of drug-likeness (QED) is 0.809. The van der Waals surface area contributed by atoms with Gasteiger partial charge in [0, 0.05) is 6.04 Å². The summed E-state index contributed by atoms with van der Waals surface area (Å²) in [6.45, 7) is 7.85. The minimum atomic E-state index is 0.318. The van der Waals surface area contributed by atoms with Gasteiger partial charge in [-0.2, -0.15) is 0 Å². The molecule has 2 aromatic carbocycles. The molecule has 0 aliphatic carbocycles. The largest absolute Gasteiger partial charge is 0.494 e. The molecule has 112 valence electrons. The van der Waals surface area contributed by atoms with E-state index in [0.29, 0.717) is 12.6 Å². The molecule has 0 aliphatic rings. The van der Waals surface area contributed by atoms with Crippen molar-refractivity contribution in [3.63, 3.8) is 0 Å². The van der Waals surface area contributed by atoms with Gasteiger partial charge in [-0.25, -0.2) is 0 Å². The molecule has 0 saturated heterocycles. The van der Waals surface area contributed by atoms with Gasteiger partial charge in [0.1, 0.15) is 17.2 Å². The molecule has 1 atom stereocenters. The van der Waals surface area contributed by atoms with Crippen LogP contribution >= 0.6 is 0 Å². The van der Waals surface area contributed by atoms with Crippen LogP contribution in [0.3, 0.4) is 0 Å². The van der Waals surface area contributed by atoms with Crippen LogP contribution in [-0.2, 0) is 0 Å². The van der Waals surface area contributed by atoms with Crippen molar-refractivity contribution in [1.29, 1.82) is 0 Å². The summed E-state index contributed by atoms with van der Waals surface area (Å²) in [5.41, 5.74) is 1.22. The minimum Gasteiger partial charge on any atom is -0.494 e. The van der Waals surface area contributed by atoms with Crippen LogP contribution in [0.2, 0.25) is 0 Å². The molecule has 0 heterocycles. The topological polar surface area (TPSA) is 30.5 Å². The SMILES string of the molecule is CCNC(C)c1cccc(Oc2ccc(OCC)cc2)c1. The second kappa shape index (κ2) is 7.70. The van der Waals surface area contributed by atoms with E-state index < -0.39 is 0 Å². The molecule has 0 saturated carbocycles. The highest BCUT2D eigenvalue weighted by molar-refractivity contribution is 5.37. The second-order valence-electron chi connectivity index (χ2n) is 4.86. The molecule has 0 aliphatic heterocycles. The number of nitrogens with one attached hydrogen (secondary N) is 1. The number of ether oxygens (including phenoxy) is 2. The van der Waals surface area contributed by atoms with E-state index in [-0.39, 0.29) is 0 Å². The van der Waals surface area contributed by atoms with Gasteiger partial charge in [-0.05, 0) is 62.4 Å². The van der Waals surface area contributed by atoms with Crippen molar-refractivity contribution in [3.8, 4) is 17.2 Å². The van der Waals surface area contributed by atoms with Crippen LogP contribution in [0.4, 0.5) is 0 Å². The fourth-order valence-corrected chi connectivity index (χ4v) is 2.18. The van der Waals surface area contributed by atoms with Crippen LogP contribution in [-0.4, -0.2) is 13.2 Å². The monoisotopic (exact) mass is 285 g/mol. The standard InChI is InChI=1S/C18H23NO2/c1-4-19-14(3)15-7-6-8-18(13-15)21-17-11-9-16(10-12-17)20-5-2/h6-14,19H,4-5H2,1-3H3. The Labute approximate surface area is 126 Å². The van der Waals surface area contributed by atoms with Gasteiger partial charge >= 0.3 is 0 Å².